The number of thioether (sulfide) groups is 1. The Kier molecular flexibility index (Phi) is 7.17. The van der Waals surface area contributed by atoms with Crippen LogP contribution in [0.2, 0.25) is 0 Å². The number of unbranched alkanes of at least 4 members (excludes halogenated alkanes) is 1. The van der Waals surface area contributed by atoms with E-state index in [1.54, 1.807) is 34.8 Å². The van der Waals surface area contributed by atoms with Crippen molar-refractivity contribution in [2.45, 2.75) is 37.4 Å². The molecule has 9 heteroatoms. The monoisotopic (exact) mass is 473 g/mol. The molecule has 0 unspecified atom stereocenters. The topological polar surface area (TPSA) is 73.7 Å². The third kappa shape index (κ3) is 4.69. The standard InChI is InChI=1S/C23H27N3O4S2/c1-25-12-11-17-18(14-25)32-21-20(17)22(28)26(15-7-9-16(29-2)10-8-15)23(24-21)31-13-5-4-6-19(27)30-3/h7-10H,4-6,11-14H2,1-3H3. The van der Waals surface area contributed by atoms with Crippen LogP contribution in [0, 0.1) is 0 Å². The van der Waals surface area contributed by atoms with Crippen molar-refractivity contribution in [2.75, 3.05) is 33.6 Å². The van der Waals surface area contributed by atoms with Crippen molar-refractivity contribution in [3.05, 3.63) is 45.1 Å². The molecule has 0 atom stereocenters. The summed E-state index contributed by atoms with van der Waals surface area (Å²) in [6, 6.07) is 7.49. The van der Waals surface area contributed by atoms with Crippen molar-refractivity contribution < 1.29 is 14.3 Å². The van der Waals surface area contributed by atoms with E-state index in [0.29, 0.717) is 11.6 Å². The number of hydrogen-bond acceptors (Lipinski definition) is 8. The van der Waals surface area contributed by atoms with Crippen molar-refractivity contribution in [1.82, 2.24) is 14.5 Å². The van der Waals surface area contributed by atoms with Crippen LogP contribution in [-0.4, -0.2) is 54.0 Å². The molecular formula is C23H27N3O4S2. The van der Waals surface area contributed by atoms with Crippen LogP contribution in [0.5, 0.6) is 5.75 Å². The number of benzene rings is 1. The number of ether oxygens (including phenoxy) is 2. The Morgan fingerprint density at radius 1 is 1.22 bits per heavy atom. The minimum Gasteiger partial charge on any atom is -0.497 e. The number of thiophene rings is 1. The van der Waals surface area contributed by atoms with E-state index < -0.39 is 0 Å². The van der Waals surface area contributed by atoms with E-state index in [9.17, 15) is 9.59 Å². The molecule has 0 N–H and O–H groups in total. The molecule has 0 amide bonds. The Labute approximate surface area is 195 Å². The summed E-state index contributed by atoms with van der Waals surface area (Å²) in [5.74, 6) is 1.31. The van der Waals surface area contributed by atoms with E-state index in [1.165, 1.54) is 12.0 Å². The third-order valence-corrected chi connectivity index (χ3v) is 7.73. The third-order valence-electron chi connectivity index (χ3n) is 5.60. The van der Waals surface area contributed by atoms with Crippen molar-refractivity contribution in [2.24, 2.45) is 0 Å². The lowest BCUT2D eigenvalue weighted by atomic mass is 10.1. The average Bonchev–Trinajstić information content (AvgIpc) is 3.16. The Balaban J connectivity index is 1.71. The van der Waals surface area contributed by atoms with E-state index in [2.05, 4.69) is 11.9 Å². The molecule has 1 aromatic carbocycles. The molecule has 0 radical (unpaired) electrons. The molecule has 3 aromatic rings. The van der Waals surface area contributed by atoms with E-state index in [-0.39, 0.29) is 11.5 Å². The SMILES string of the molecule is COC(=O)CCCCSc1nc2sc3c(c2c(=O)n1-c1ccc(OC)cc1)CCN(C)C3. The van der Waals surface area contributed by atoms with Gasteiger partial charge in [0.2, 0.25) is 0 Å². The molecule has 0 saturated heterocycles. The van der Waals surface area contributed by atoms with Gasteiger partial charge in [-0.1, -0.05) is 11.8 Å². The van der Waals surface area contributed by atoms with Gasteiger partial charge in [0.25, 0.3) is 5.56 Å². The number of likely N-dealkylation sites (N-methyl/N-ethyl adjacent to an activating group) is 1. The number of aromatic nitrogens is 2. The van der Waals surface area contributed by atoms with Gasteiger partial charge < -0.3 is 14.4 Å². The van der Waals surface area contributed by atoms with Crippen LogP contribution < -0.4 is 10.3 Å². The average molecular weight is 474 g/mol. The van der Waals surface area contributed by atoms with Gasteiger partial charge in [0, 0.05) is 30.1 Å². The minimum absolute atomic E-state index is 0.0146. The zero-order valence-corrected chi connectivity index (χ0v) is 20.2. The second kappa shape index (κ2) is 10.1. The molecule has 0 bridgehead atoms. The van der Waals surface area contributed by atoms with Gasteiger partial charge in [0.15, 0.2) is 5.16 Å². The molecule has 0 fully saturated rings. The summed E-state index contributed by atoms with van der Waals surface area (Å²) in [6.45, 7) is 1.80. The molecule has 1 aliphatic heterocycles. The van der Waals surface area contributed by atoms with Gasteiger partial charge in [-0.15, -0.1) is 11.3 Å². The van der Waals surface area contributed by atoms with Gasteiger partial charge in [0.05, 0.1) is 25.3 Å². The van der Waals surface area contributed by atoms with Gasteiger partial charge >= 0.3 is 5.97 Å². The molecule has 2 aromatic heterocycles. The number of methoxy groups -OCH3 is 2. The highest BCUT2D eigenvalue weighted by molar-refractivity contribution is 7.99. The molecule has 4 rings (SSSR count). The molecule has 1 aliphatic rings. The van der Waals surface area contributed by atoms with Crippen LogP contribution in [0.1, 0.15) is 29.7 Å². The first kappa shape index (κ1) is 22.8. The predicted molar refractivity (Wildman–Crippen MR) is 128 cm³/mol. The van der Waals surface area contributed by atoms with Crippen LogP contribution in [0.15, 0.2) is 34.2 Å². The van der Waals surface area contributed by atoms with E-state index in [4.69, 9.17) is 14.5 Å². The lowest BCUT2D eigenvalue weighted by Crippen LogP contribution is -2.27. The highest BCUT2D eigenvalue weighted by Crippen LogP contribution is 2.34. The minimum atomic E-state index is -0.196. The molecule has 7 nitrogen and oxygen atoms in total. The first-order valence-electron chi connectivity index (χ1n) is 10.6. The second-order valence-corrected chi connectivity index (χ2v) is 9.93. The number of hydrogen-bond donors (Lipinski definition) is 0. The van der Waals surface area contributed by atoms with E-state index >= 15 is 0 Å². The Morgan fingerprint density at radius 2 is 2.00 bits per heavy atom. The lowest BCUT2D eigenvalue weighted by Gasteiger charge is -2.21. The first-order valence-corrected chi connectivity index (χ1v) is 12.4. The Hall–Kier alpha value is -2.36. The molecular weight excluding hydrogens is 446 g/mol. The first-order chi connectivity index (χ1) is 15.5. The fourth-order valence-corrected chi connectivity index (χ4v) is 6.20. The number of nitrogens with zero attached hydrogens (tertiary/aromatic N) is 3. The molecule has 170 valence electrons. The summed E-state index contributed by atoms with van der Waals surface area (Å²) >= 11 is 3.18. The summed E-state index contributed by atoms with van der Waals surface area (Å²) in [6.07, 6.45) is 2.85. The van der Waals surface area contributed by atoms with Crippen molar-refractivity contribution in [3.63, 3.8) is 0 Å². The molecule has 0 saturated carbocycles. The molecule has 32 heavy (non-hydrogen) atoms. The summed E-state index contributed by atoms with van der Waals surface area (Å²) < 4.78 is 11.7. The number of carbonyl (C=O) groups excluding carboxylic acids is 1. The van der Waals surface area contributed by atoms with Crippen molar-refractivity contribution in [1.29, 1.82) is 0 Å². The van der Waals surface area contributed by atoms with E-state index in [0.717, 1.165) is 65.3 Å². The summed E-state index contributed by atoms with van der Waals surface area (Å²) in [5.41, 5.74) is 1.91. The van der Waals surface area contributed by atoms with Crippen LogP contribution in [0.3, 0.4) is 0 Å². The van der Waals surface area contributed by atoms with Gasteiger partial charge in [-0.25, -0.2) is 4.98 Å². The smallest absolute Gasteiger partial charge is 0.305 e. The summed E-state index contributed by atoms with van der Waals surface area (Å²) in [4.78, 5) is 34.4. The normalized spacial score (nSPS) is 13.8. The highest BCUT2D eigenvalue weighted by atomic mass is 32.2. The molecule has 0 spiro atoms. The largest absolute Gasteiger partial charge is 0.497 e. The Bertz CT molecular complexity index is 1170. The summed E-state index contributed by atoms with van der Waals surface area (Å²) in [5, 5.41) is 1.43. The summed E-state index contributed by atoms with van der Waals surface area (Å²) in [7, 11) is 5.13. The highest BCUT2D eigenvalue weighted by Gasteiger charge is 2.24. The molecule has 3 heterocycles. The fourth-order valence-electron chi connectivity index (χ4n) is 3.84. The van der Waals surface area contributed by atoms with Crippen LogP contribution in [-0.2, 0) is 22.5 Å². The van der Waals surface area contributed by atoms with Crippen molar-refractivity contribution >= 4 is 39.3 Å². The van der Waals surface area contributed by atoms with Crippen LogP contribution in [0.4, 0.5) is 0 Å². The lowest BCUT2D eigenvalue weighted by molar-refractivity contribution is -0.140. The quantitative estimate of drug-likeness (QED) is 0.213. The van der Waals surface area contributed by atoms with Crippen molar-refractivity contribution in [3.8, 4) is 11.4 Å². The number of rotatable bonds is 8. The number of carbonyl (C=O) groups is 1. The van der Waals surface area contributed by atoms with Crippen LogP contribution >= 0.6 is 23.1 Å². The zero-order valence-electron chi connectivity index (χ0n) is 18.6. The predicted octanol–water partition coefficient (Wildman–Crippen LogP) is 3.88. The van der Waals surface area contributed by atoms with Gasteiger partial charge in [0.1, 0.15) is 10.6 Å². The number of esters is 1. The van der Waals surface area contributed by atoms with Gasteiger partial charge in [-0.05, 0) is 56.1 Å². The van der Waals surface area contributed by atoms with E-state index in [1.807, 2.05) is 24.3 Å². The maximum Gasteiger partial charge on any atom is 0.305 e. The van der Waals surface area contributed by atoms with Gasteiger partial charge in [-0.3, -0.25) is 14.2 Å². The maximum atomic E-state index is 13.7. The van der Waals surface area contributed by atoms with Gasteiger partial charge in [-0.2, -0.15) is 0 Å². The fraction of sp³-hybridized carbons (Fsp3) is 0.435. The van der Waals surface area contributed by atoms with Crippen LogP contribution in [0.25, 0.3) is 15.9 Å². The molecule has 0 aliphatic carbocycles. The Morgan fingerprint density at radius 3 is 2.72 bits per heavy atom. The second-order valence-electron chi connectivity index (χ2n) is 7.79. The zero-order chi connectivity index (χ0) is 22.7. The number of fused-ring (bicyclic) bond motifs is 3. The maximum absolute atomic E-state index is 13.7.